The Hall–Kier alpha value is -13.4. The molecule has 6 heterocycles. The van der Waals surface area contributed by atoms with E-state index < -0.39 is 10.8 Å². The van der Waals surface area contributed by atoms with Crippen LogP contribution in [-0.2, 0) is 10.8 Å². The standard InChI is InChI=1S/C98H60N4O2/c1-57-43-47-79-87(51-57)101-83-49-45-70-69(91(83)73-53-61(55-81(93(73)101)97(79)75-35-15-9-27-63(75)64-28-10-16-36-76(64)97)99(59-23-5-3-6-24-59)85-39-21-33-71-67-31-13-19-41-89(67)103-95(71)85)46-50-84-92(70)74-54-62(100(60-25-7-4-8-26-60)86-40-22-34-72-68-32-14-20-42-90(68)104-96(72)86)56-82-94(74)102(84)88-52-58(2)44-48-80(88)98(82)77-37-17-11-29-65(77)66-30-12-18-38-78(66)98/h3-56H,1-2H3. The predicted molar refractivity (Wildman–Crippen MR) is 428 cm³/mol. The minimum atomic E-state index is -0.725. The summed E-state index contributed by atoms with van der Waals surface area (Å²) in [6.07, 6.45) is 0. The second-order valence-electron chi connectivity index (χ2n) is 29.0. The third-order valence-electron chi connectivity index (χ3n) is 23.9. The van der Waals surface area contributed by atoms with E-state index >= 15 is 0 Å². The van der Waals surface area contributed by atoms with Gasteiger partial charge in [0, 0.05) is 65.8 Å². The van der Waals surface area contributed by atoms with Gasteiger partial charge in [0.2, 0.25) is 0 Å². The number of hydrogen-bond donors (Lipinski definition) is 0. The van der Waals surface area contributed by atoms with Crippen molar-refractivity contribution in [2.24, 2.45) is 0 Å². The van der Waals surface area contributed by atoms with Crippen LogP contribution in [0.15, 0.2) is 336 Å². The summed E-state index contributed by atoms with van der Waals surface area (Å²) in [4.78, 5) is 4.92. The lowest BCUT2D eigenvalue weighted by Crippen LogP contribution is -2.33. The van der Waals surface area contributed by atoms with Crippen molar-refractivity contribution in [1.29, 1.82) is 0 Å². The second kappa shape index (κ2) is 20.2. The lowest BCUT2D eigenvalue weighted by Gasteiger charge is -2.40. The molecule has 4 aromatic heterocycles. The van der Waals surface area contributed by atoms with Crippen LogP contribution in [0, 0.1) is 13.8 Å². The van der Waals surface area contributed by atoms with Crippen LogP contribution in [0.2, 0.25) is 0 Å². The number of para-hydroxylation sites is 6. The summed E-state index contributed by atoms with van der Waals surface area (Å²) in [6.45, 7) is 4.50. The van der Waals surface area contributed by atoms with Gasteiger partial charge in [-0.1, -0.05) is 231 Å². The van der Waals surface area contributed by atoms with Crippen LogP contribution in [0.5, 0.6) is 0 Å². The molecule has 0 unspecified atom stereocenters. The first-order valence-electron chi connectivity index (χ1n) is 36.1. The van der Waals surface area contributed by atoms with E-state index in [0.29, 0.717) is 0 Å². The molecule has 2 aliphatic heterocycles. The Bertz CT molecular complexity index is 6700. The van der Waals surface area contributed by atoms with Crippen molar-refractivity contribution in [3.8, 4) is 33.6 Å². The minimum Gasteiger partial charge on any atom is -0.454 e. The molecule has 2 spiro atoms. The molecule has 0 N–H and O–H groups in total. The maximum absolute atomic E-state index is 7.08. The van der Waals surface area contributed by atoms with Crippen LogP contribution >= 0.6 is 0 Å². The number of fused-ring (bicyclic) bond motifs is 33. The molecule has 0 fully saturated rings. The smallest absolute Gasteiger partial charge is 0.159 e. The van der Waals surface area contributed by atoms with Crippen molar-refractivity contribution >= 4 is 132 Å². The Labute approximate surface area is 598 Å². The first-order valence-corrected chi connectivity index (χ1v) is 36.1. The molecule has 6 nitrogen and oxygen atoms in total. The van der Waals surface area contributed by atoms with Crippen molar-refractivity contribution < 1.29 is 8.83 Å². The summed E-state index contributed by atoms with van der Waals surface area (Å²) in [5.74, 6) is 0. The number of aromatic nitrogens is 2. The first-order chi connectivity index (χ1) is 51.4. The third kappa shape index (κ3) is 6.95. The zero-order chi connectivity index (χ0) is 68.0. The van der Waals surface area contributed by atoms with Crippen molar-refractivity contribution in [2.75, 3.05) is 9.80 Å². The summed E-state index contributed by atoms with van der Waals surface area (Å²) in [7, 11) is 0. The molecule has 0 atom stereocenters. The summed E-state index contributed by atoms with van der Waals surface area (Å²) >= 11 is 0. The molecule has 0 radical (unpaired) electrons. The van der Waals surface area contributed by atoms with E-state index in [9.17, 15) is 0 Å². The molecule has 0 saturated heterocycles. The fourth-order valence-corrected chi connectivity index (χ4v) is 20.0. The molecule has 20 aromatic rings. The van der Waals surface area contributed by atoms with E-state index in [4.69, 9.17) is 8.83 Å². The Morgan fingerprint density at radius 1 is 0.260 bits per heavy atom. The van der Waals surface area contributed by atoms with Crippen LogP contribution in [0.3, 0.4) is 0 Å². The Kier molecular flexibility index (Phi) is 10.9. The Morgan fingerprint density at radius 3 is 1.04 bits per heavy atom. The molecule has 24 rings (SSSR count). The molecule has 6 heteroatoms. The molecule has 0 bridgehead atoms. The fraction of sp³-hybridized carbons (Fsp3) is 0.0408. The van der Waals surface area contributed by atoms with Crippen LogP contribution in [0.25, 0.3) is 132 Å². The average Bonchev–Trinajstić information content (AvgIpc) is 1.46. The van der Waals surface area contributed by atoms with E-state index in [1.54, 1.807) is 0 Å². The minimum absolute atomic E-state index is 0.725. The number of aryl methyl sites for hydroxylation is 2. The van der Waals surface area contributed by atoms with Gasteiger partial charge < -0.3 is 27.8 Å². The molecule has 16 aromatic carbocycles. The van der Waals surface area contributed by atoms with Gasteiger partial charge in [-0.2, -0.15) is 0 Å². The van der Waals surface area contributed by atoms with Gasteiger partial charge in [0.05, 0.1) is 55.6 Å². The number of anilines is 6. The van der Waals surface area contributed by atoms with E-state index in [0.717, 1.165) is 89.0 Å². The highest BCUT2D eigenvalue weighted by Crippen LogP contribution is 2.65. The molecular formula is C98H60N4O2. The summed E-state index contributed by atoms with van der Waals surface area (Å²) in [6, 6.07) is 123. The molecule has 4 aliphatic rings. The van der Waals surface area contributed by atoms with E-state index in [1.165, 1.54) is 133 Å². The van der Waals surface area contributed by atoms with E-state index in [-0.39, 0.29) is 0 Å². The van der Waals surface area contributed by atoms with Crippen molar-refractivity contribution in [3.63, 3.8) is 0 Å². The molecular weight excluding hydrogens is 1270 g/mol. The van der Waals surface area contributed by atoms with E-state index in [2.05, 4.69) is 360 Å². The van der Waals surface area contributed by atoms with Crippen LogP contribution in [0.1, 0.15) is 55.6 Å². The van der Waals surface area contributed by atoms with Crippen LogP contribution in [0.4, 0.5) is 34.1 Å². The molecule has 0 amide bonds. The zero-order valence-corrected chi connectivity index (χ0v) is 56.8. The summed E-state index contributed by atoms with van der Waals surface area (Å²) in [5, 5.41) is 11.4. The second-order valence-corrected chi connectivity index (χ2v) is 29.0. The van der Waals surface area contributed by atoms with Gasteiger partial charge in [-0.05, 0) is 200 Å². The number of rotatable bonds is 6. The SMILES string of the molecule is Cc1ccc2c(c1)-n1c3ccc4c(ccc5c4c4cc(N(c6ccccc6)c6cccc7c6oc6ccccc67)cc6c4n5-c4cc(C)ccc4C64c5ccccc5-c5ccccc54)c3c3cc(N(c4ccccc4)c4cccc5c4oc4ccccc45)cc(c31)C21c2ccccc2-c2ccccc21. The fourth-order valence-electron chi connectivity index (χ4n) is 20.0. The highest BCUT2D eigenvalue weighted by atomic mass is 16.3. The number of furan rings is 2. The molecule has 104 heavy (non-hydrogen) atoms. The third-order valence-corrected chi connectivity index (χ3v) is 23.9. The normalized spacial score (nSPS) is 13.8. The van der Waals surface area contributed by atoms with Crippen LogP contribution < -0.4 is 9.80 Å². The lowest BCUT2D eigenvalue weighted by molar-refractivity contribution is 0.668. The number of benzene rings is 16. The Morgan fingerprint density at radius 2 is 0.625 bits per heavy atom. The monoisotopic (exact) mass is 1320 g/mol. The van der Waals surface area contributed by atoms with Gasteiger partial charge in [0.15, 0.2) is 11.2 Å². The average molecular weight is 1330 g/mol. The van der Waals surface area contributed by atoms with Gasteiger partial charge in [-0.25, -0.2) is 0 Å². The topological polar surface area (TPSA) is 42.6 Å². The van der Waals surface area contributed by atoms with Gasteiger partial charge in [-0.3, -0.25) is 0 Å². The molecule has 2 aliphatic carbocycles. The van der Waals surface area contributed by atoms with E-state index in [1.807, 2.05) is 0 Å². The van der Waals surface area contributed by atoms with Crippen molar-refractivity contribution in [2.45, 2.75) is 24.7 Å². The number of nitrogens with zero attached hydrogens (tertiary/aromatic N) is 4. The van der Waals surface area contributed by atoms with Gasteiger partial charge in [0.25, 0.3) is 0 Å². The van der Waals surface area contributed by atoms with Crippen LogP contribution in [-0.4, -0.2) is 9.13 Å². The zero-order valence-electron chi connectivity index (χ0n) is 56.8. The van der Waals surface area contributed by atoms with Crippen molar-refractivity contribution in [3.05, 3.63) is 383 Å². The van der Waals surface area contributed by atoms with Gasteiger partial charge in [0.1, 0.15) is 11.2 Å². The quantitative estimate of drug-likeness (QED) is 0.166. The maximum Gasteiger partial charge on any atom is 0.159 e. The largest absolute Gasteiger partial charge is 0.454 e. The molecule has 484 valence electrons. The van der Waals surface area contributed by atoms with Gasteiger partial charge in [-0.15, -0.1) is 0 Å². The first kappa shape index (κ1) is 56.3. The maximum atomic E-state index is 7.08. The highest BCUT2D eigenvalue weighted by molar-refractivity contribution is 6.32. The summed E-state index contributed by atoms with van der Waals surface area (Å²) < 4.78 is 19.4. The molecule has 0 saturated carbocycles. The Balaban J connectivity index is 0.884. The predicted octanol–water partition coefficient (Wildman–Crippen LogP) is 25.7. The number of hydrogen-bond acceptors (Lipinski definition) is 4. The highest BCUT2D eigenvalue weighted by Gasteiger charge is 2.53. The van der Waals surface area contributed by atoms with Crippen molar-refractivity contribution in [1.82, 2.24) is 9.13 Å². The lowest BCUT2D eigenvalue weighted by atomic mass is 9.65. The van der Waals surface area contributed by atoms with Gasteiger partial charge >= 0.3 is 0 Å². The summed E-state index contributed by atoms with van der Waals surface area (Å²) in [5.41, 5.74) is 32.6.